The Bertz CT molecular complexity index is 2150. The Morgan fingerprint density at radius 1 is 0.825 bits per heavy atom. The number of H-pyrrole nitrogens is 1. The van der Waals surface area contributed by atoms with Gasteiger partial charge in [0, 0.05) is 63.6 Å². The zero-order valence-electron chi connectivity index (χ0n) is 33.0. The molecule has 57 heavy (non-hydrogen) atoms. The van der Waals surface area contributed by atoms with Crippen molar-refractivity contribution in [2.24, 2.45) is 5.92 Å². The smallest absolute Gasteiger partial charge is 0.326 e. The first-order valence-electron chi connectivity index (χ1n) is 20.4. The molecule has 0 radical (unpaired) electrons. The lowest BCUT2D eigenvalue weighted by Gasteiger charge is -2.44. The van der Waals surface area contributed by atoms with E-state index in [-0.39, 0.29) is 48.3 Å². The highest BCUT2D eigenvalue weighted by Gasteiger charge is 2.39. The van der Waals surface area contributed by atoms with E-state index >= 15 is 0 Å². The number of unbranched alkanes of at least 4 members (excludes halogenated alkanes) is 2. The van der Waals surface area contributed by atoms with Gasteiger partial charge in [-0.1, -0.05) is 92.2 Å². The molecule has 5 aromatic rings. The molecule has 4 N–H and O–H groups in total. The van der Waals surface area contributed by atoms with Crippen LogP contribution in [0.4, 0.5) is 0 Å². The molecule has 3 heterocycles. The van der Waals surface area contributed by atoms with Crippen molar-refractivity contribution >= 4 is 22.8 Å². The minimum Gasteiger partial charge on any atom is -0.392 e. The number of para-hydroxylation sites is 2. The number of aliphatic hydroxyl groups is 1. The number of nitrogens with one attached hydrogen (secondary N) is 3. The van der Waals surface area contributed by atoms with Crippen molar-refractivity contribution in [3.63, 3.8) is 0 Å². The fraction of sp³-hybridized carbons (Fsp3) is 0.413. The van der Waals surface area contributed by atoms with Gasteiger partial charge in [-0.25, -0.2) is 4.79 Å². The minimum absolute atomic E-state index is 0.0106. The second-order valence-corrected chi connectivity index (χ2v) is 15.6. The molecule has 2 aliphatic rings. The number of benzene rings is 4. The predicted octanol–water partition coefficient (Wildman–Crippen LogP) is 6.93. The molecule has 11 nitrogen and oxygen atoms in total. The summed E-state index contributed by atoms with van der Waals surface area (Å²) in [5.41, 5.74) is 7.78. The number of aliphatic hydroxyl groups excluding tert-OH is 1. The molecular formula is C46H55N5O6. The number of hydrogen-bond donors (Lipinski definition) is 4. The lowest BCUT2D eigenvalue weighted by atomic mass is 9.89. The fourth-order valence-electron chi connectivity index (χ4n) is 8.21. The van der Waals surface area contributed by atoms with Crippen LogP contribution in [0.2, 0.25) is 0 Å². The summed E-state index contributed by atoms with van der Waals surface area (Å²) < 4.78 is 15.5. The van der Waals surface area contributed by atoms with E-state index in [1.807, 2.05) is 65.2 Å². The maximum Gasteiger partial charge on any atom is 0.326 e. The van der Waals surface area contributed by atoms with E-state index in [0.29, 0.717) is 19.5 Å². The topological polar surface area (TPSA) is 138 Å². The number of aromatic nitrogens is 2. The third kappa shape index (κ3) is 10.1. The van der Waals surface area contributed by atoms with Gasteiger partial charge in [0.25, 0.3) is 0 Å². The van der Waals surface area contributed by atoms with E-state index in [1.165, 1.54) is 6.92 Å². The number of carbonyl (C=O) groups is 2. The number of rotatable bonds is 15. The normalized spacial score (nSPS) is 20.4. The number of ether oxygens (including phenoxy) is 2. The van der Waals surface area contributed by atoms with Gasteiger partial charge in [0.15, 0.2) is 6.29 Å². The second kappa shape index (κ2) is 18.9. The molecule has 0 unspecified atom stereocenters. The number of hydrogen-bond acceptors (Lipinski definition) is 7. The van der Waals surface area contributed by atoms with Gasteiger partial charge in [-0.05, 0) is 71.7 Å². The molecule has 0 saturated carbocycles. The van der Waals surface area contributed by atoms with Gasteiger partial charge in [0.05, 0.1) is 29.8 Å². The summed E-state index contributed by atoms with van der Waals surface area (Å²) in [5.74, 6) is 0.0616. The average molecular weight is 774 g/mol. The van der Waals surface area contributed by atoms with Crippen molar-refractivity contribution in [3.8, 4) is 11.1 Å². The van der Waals surface area contributed by atoms with E-state index in [2.05, 4.69) is 63.8 Å². The average Bonchev–Trinajstić information content (AvgIpc) is 3.58. The summed E-state index contributed by atoms with van der Waals surface area (Å²) in [7, 11) is 0. The zero-order chi connectivity index (χ0) is 39.7. The molecule has 7 rings (SSSR count). The molecule has 300 valence electrons. The number of imidazole rings is 1. The molecule has 4 aromatic carbocycles. The number of likely N-dealkylation sites (tertiary alicyclic amines) is 1. The molecule has 2 amide bonds. The highest BCUT2D eigenvalue weighted by atomic mass is 16.7. The lowest BCUT2D eigenvalue weighted by molar-refractivity contribution is -0.276. The van der Waals surface area contributed by atoms with Crippen LogP contribution in [0.1, 0.15) is 93.1 Å². The van der Waals surface area contributed by atoms with Crippen molar-refractivity contribution in [3.05, 3.63) is 130 Å². The maximum absolute atomic E-state index is 12.9. The first-order chi connectivity index (χ1) is 27.7. The SMILES string of the molecule is CC(=O)NCCCCCC(=O)NCc1cccc(-c2ccc([C@H]3O[C@@H](CN4CCC(n5c(=O)[nH]c6ccccc65)CC4)[C@@H](C)[C@@H](c4ccc(CO)cc4)O3)cc2)c1. The van der Waals surface area contributed by atoms with Gasteiger partial charge < -0.3 is 35.1 Å². The molecule has 2 fully saturated rings. The van der Waals surface area contributed by atoms with Crippen LogP contribution in [-0.2, 0) is 32.2 Å². The number of nitrogens with zero attached hydrogens (tertiary/aromatic N) is 2. The zero-order valence-corrected chi connectivity index (χ0v) is 33.0. The summed E-state index contributed by atoms with van der Waals surface area (Å²) in [5, 5.41) is 15.5. The Balaban J connectivity index is 0.995. The van der Waals surface area contributed by atoms with E-state index in [9.17, 15) is 19.5 Å². The van der Waals surface area contributed by atoms with E-state index in [0.717, 1.165) is 96.2 Å². The van der Waals surface area contributed by atoms with Crippen LogP contribution >= 0.6 is 0 Å². The second-order valence-electron chi connectivity index (χ2n) is 15.6. The monoisotopic (exact) mass is 773 g/mol. The van der Waals surface area contributed by atoms with Crippen molar-refractivity contribution in [1.82, 2.24) is 25.1 Å². The van der Waals surface area contributed by atoms with Gasteiger partial charge in [0.2, 0.25) is 11.8 Å². The van der Waals surface area contributed by atoms with E-state index in [1.54, 1.807) is 0 Å². The minimum atomic E-state index is -0.572. The first-order valence-corrected chi connectivity index (χ1v) is 20.4. The van der Waals surface area contributed by atoms with Crippen molar-refractivity contribution in [1.29, 1.82) is 0 Å². The Hall–Kier alpha value is -5.07. The van der Waals surface area contributed by atoms with Crippen LogP contribution in [0.25, 0.3) is 22.2 Å². The standard InChI is InChI=1S/C46H55N5O6/c1-31-42(29-50-25-22-39(23-26-50)51-41-12-6-5-11-40(41)49-46(51)55)56-45(57-44(31)36-16-14-33(30-52)15-17-36)37-20-18-35(19-21-37)38-10-8-9-34(27-38)28-48-43(54)13-4-3-7-24-47-32(2)53/h5-6,8-12,14-21,27,31,39,42,44-45,52H,3-4,7,13,22-26,28-30H2,1-2H3,(H,47,53)(H,48,54)(H,49,55)/t31-,42+,44+,45+/m1/s1. The predicted molar refractivity (Wildman–Crippen MR) is 221 cm³/mol. The van der Waals surface area contributed by atoms with Gasteiger partial charge in [-0.3, -0.25) is 14.2 Å². The third-order valence-electron chi connectivity index (χ3n) is 11.5. The summed E-state index contributed by atoms with van der Waals surface area (Å²) in [4.78, 5) is 41.9. The molecule has 4 atom stereocenters. The molecule has 11 heteroatoms. The van der Waals surface area contributed by atoms with Crippen molar-refractivity contribution in [2.75, 3.05) is 26.2 Å². The van der Waals surface area contributed by atoms with Gasteiger partial charge in [0.1, 0.15) is 0 Å². The third-order valence-corrected chi connectivity index (χ3v) is 11.5. The number of amides is 2. The Kier molecular flexibility index (Phi) is 13.3. The van der Waals surface area contributed by atoms with Crippen LogP contribution < -0.4 is 16.3 Å². The molecule has 1 aromatic heterocycles. The maximum atomic E-state index is 12.9. The number of fused-ring (bicyclic) bond motifs is 1. The van der Waals surface area contributed by atoms with Crippen LogP contribution in [0.15, 0.2) is 102 Å². The molecule has 2 aliphatic heterocycles. The van der Waals surface area contributed by atoms with Crippen LogP contribution in [0, 0.1) is 5.92 Å². The van der Waals surface area contributed by atoms with Gasteiger partial charge in [-0.2, -0.15) is 0 Å². The van der Waals surface area contributed by atoms with Crippen LogP contribution in [0.5, 0.6) is 0 Å². The van der Waals surface area contributed by atoms with Crippen molar-refractivity contribution < 1.29 is 24.2 Å². The molecular weight excluding hydrogens is 719 g/mol. The van der Waals surface area contributed by atoms with Gasteiger partial charge >= 0.3 is 5.69 Å². The molecule has 2 saturated heterocycles. The highest BCUT2D eigenvalue weighted by Crippen LogP contribution is 2.42. The number of piperidine rings is 1. The summed E-state index contributed by atoms with van der Waals surface area (Å²) in [6.07, 6.45) is 3.89. The van der Waals surface area contributed by atoms with Crippen LogP contribution in [-0.4, -0.2) is 63.7 Å². The summed E-state index contributed by atoms with van der Waals surface area (Å²) in [6.45, 7) is 7.28. The largest absolute Gasteiger partial charge is 0.392 e. The Morgan fingerprint density at radius 2 is 1.58 bits per heavy atom. The quantitative estimate of drug-likeness (QED) is 0.0848. The van der Waals surface area contributed by atoms with Crippen molar-refractivity contribution in [2.45, 2.75) is 90.1 Å². The summed E-state index contributed by atoms with van der Waals surface area (Å²) >= 11 is 0. The van der Waals surface area contributed by atoms with Crippen LogP contribution in [0.3, 0.4) is 0 Å². The first kappa shape index (κ1) is 40.1. The molecule has 0 spiro atoms. The summed E-state index contributed by atoms with van der Waals surface area (Å²) in [6, 6.07) is 32.6. The Morgan fingerprint density at radius 3 is 2.33 bits per heavy atom. The number of aromatic amines is 1. The Labute approximate surface area is 334 Å². The van der Waals surface area contributed by atoms with E-state index in [4.69, 9.17) is 9.47 Å². The highest BCUT2D eigenvalue weighted by molar-refractivity contribution is 5.76. The molecule has 0 aliphatic carbocycles. The molecule has 0 bridgehead atoms. The fourth-order valence-corrected chi connectivity index (χ4v) is 8.21. The van der Waals surface area contributed by atoms with Gasteiger partial charge in [-0.15, -0.1) is 0 Å². The lowest BCUT2D eigenvalue weighted by Crippen LogP contribution is -2.47. The number of carbonyl (C=O) groups excluding carboxylic acids is 2. The van der Waals surface area contributed by atoms with E-state index < -0.39 is 6.29 Å².